The largest absolute Gasteiger partial charge is 0.343 e. The number of nitrogens with zero attached hydrogens (tertiary/aromatic N) is 1. The van der Waals surface area contributed by atoms with Gasteiger partial charge in [-0.2, -0.15) is 0 Å². The van der Waals surface area contributed by atoms with Crippen LogP contribution in [0.1, 0.15) is 34.7 Å². The summed E-state index contributed by atoms with van der Waals surface area (Å²) in [5.41, 5.74) is 7.71. The summed E-state index contributed by atoms with van der Waals surface area (Å²) in [4.78, 5) is 5.17. The van der Waals surface area contributed by atoms with Crippen molar-refractivity contribution in [3.63, 3.8) is 0 Å². The molecule has 3 heteroatoms. The second kappa shape index (κ2) is 6.82. The molecule has 0 saturated carbocycles. The minimum absolute atomic E-state index is 0.0119. The van der Waals surface area contributed by atoms with Crippen LogP contribution in [0.2, 0.25) is 0 Å². The highest BCUT2D eigenvalue weighted by Crippen LogP contribution is 2.43. The first-order chi connectivity index (χ1) is 13.3. The SMILES string of the molecule is Brc1cccc(C2=NC(c3ccccc3)C3=C(CCc4ccccc43)N2)c1. The second-order valence-electron chi connectivity index (χ2n) is 6.98. The highest BCUT2D eigenvalue weighted by molar-refractivity contribution is 9.10. The smallest absolute Gasteiger partial charge is 0.133 e. The van der Waals surface area contributed by atoms with Gasteiger partial charge in [-0.05, 0) is 41.7 Å². The van der Waals surface area contributed by atoms with Crippen LogP contribution < -0.4 is 5.32 Å². The fourth-order valence-electron chi connectivity index (χ4n) is 4.03. The van der Waals surface area contributed by atoms with Gasteiger partial charge < -0.3 is 5.32 Å². The number of halogens is 1. The van der Waals surface area contributed by atoms with Crippen LogP contribution in [0.5, 0.6) is 0 Å². The van der Waals surface area contributed by atoms with Crippen LogP contribution >= 0.6 is 15.9 Å². The summed E-state index contributed by atoms with van der Waals surface area (Å²) in [7, 11) is 0. The zero-order valence-electron chi connectivity index (χ0n) is 14.8. The molecule has 3 aromatic carbocycles. The summed E-state index contributed by atoms with van der Waals surface area (Å²) in [5.74, 6) is 0.947. The molecule has 1 aliphatic carbocycles. The zero-order valence-corrected chi connectivity index (χ0v) is 16.4. The topological polar surface area (TPSA) is 24.4 Å². The van der Waals surface area contributed by atoms with Crippen LogP contribution in [0.15, 0.2) is 94.0 Å². The maximum absolute atomic E-state index is 5.17. The van der Waals surface area contributed by atoms with Gasteiger partial charge in [-0.3, -0.25) is 4.99 Å². The summed E-state index contributed by atoms with van der Waals surface area (Å²) in [5, 5.41) is 3.65. The molecule has 0 radical (unpaired) electrons. The Balaban J connectivity index is 1.68. The van der Waals surface area contributed by atoms with Crippen molar-refractivity contribution in [1.82, 2.24) is 5.32 Å². The van der Waals surface area contributed by atoms with Crippen molar-refractivity contribution in [3.8, 4) is 0 Å². The van der Waals surface area contributed by atoms with E-state index >= 15 is 0 Å². The lowest BCUT2D eigenvalue weighted by Gasteiger charge is -2.33. The lowest BCUT2D eigenvalue weighted by atomic mass is 9.82. The molecule has 0 spiro atoms. The number of aliphatic imine (C=N–C) groups is 1. The Morgan fingerprint density at radius 2 is 1.67 bits per heavy atom. The highest BCUT2D eigenvalue weighted by Gasteiger charge is 2.30. The highest BCUT2D eigenvalue weighted by atomic mass is 79.9. The number of aryl methyl sites for hydroxylation is 1. The van der Waals surface area contributed by atoms with Gasteiger partial charge in [0.25, 0.3) is 0 Å². The van der Waals surface area contributed by atoms with Crippen molar-refractivity contribution in [2.24, 2.45) is 4.99 Å². The Kier molecular flexibility index (Phi) is 4.17. The minimum atomic E-state index is 0.0119. The van der Waals surface area contributed by atoms with E-state index in [1.165, 1.54) is 28.0 Å². The first-order valence-electron chi connectivity index (χ1n) is 9.26. The van der Waals surface area contributed by atoms with Crippen LogP contribution in [-0.4, -0.2) is 5.84 Å². The standard InChI is InChI=1S/C24H19BrN2/c25-19-11-6-10-18(15-19)24-26-21-14-13-16-7-4-5-12-20(16)22(21)23(27-24)17-8-2-1-3-9-17/h1-12,15,23H,13-14H2,(H,26,27). The molecule has 1 atom stereocenters. The average molecular weight is 415 g/mol. The van der Waals surface area contributed by atoms with E-state index in [0.29, 0.717) is 0 Å². The Bertz CT molecular complexity index is 1070. The lowest BCUT2D eigenvalue weighted by molar-refractivity contribution is 0.785. The molecule has 1 unspecified atom stereocenters. The van der Waals surface area contributed by atoms with Crippen LogP contribution in [0.4, 0.5) is 0 Å². The Hall–Kier alpha value is -2.65. The third-order valence-electron chi connectivity index (χ3n) is 5.29. The molecule has 3 aromatic rings. The summed E-state index contributed by atoms with van der Waals surface area (Å²) < 4.78 is 1.06. The number of benzene rings is 3. The predicted molar refractivity (Wildman–Crippen MR) is 115 cm³/mol. The van der Waals surface area contributed by atoms with Crippen LogP contribution in [0, 0.1) is 0 Å². The maximum Gasteiger partial charge on any atom is 0.133 e. The molecule has 0 fully saturated rings. The van der Waals surface area contributed by atoms with Crippen LogP contribution in [-0.2, 0) is 6.42 Å². The Morgan fingerprint density at radius 1 is 0.852 bits per heavy atom. The van der Waals surface area contributed by atoms with Crippen molar-refractivity contribution in [2.45, 2.75) is 18.9 Å². The van der Waals surface area contributed by atoms with Gasteiger partial charge in [-0.1, -0.05) is 82.7 Å². The van der Waals surface area contributed by atoms with Crippen LogP contribution in [0.3, 0.4) is 0 Å². The molecule has 2 nitrogen and oxygen atoms in total. The molecule has 0 bridgehead atoms. The Labute approximate surface area is 167 Å². The molecule has 132 valence electrons. The van der Waals surface area contributed by atoms with Gasteiger partial charge >= 0.3 is 0 Å². The Morgan fingerprint density at radius 3 is 2.52 bits per heavy atom. The number of allylic oxidation sites excluding steroid dienone is 1. The molecule has 1 N–H and O–H groups in total. The molecule has 0 aromatic heterocycles. The second-order valence-corrected chi connectivity index (χ2v) is 7.89. The van der Waals surface area contributed by atoms with E-state index in [2.05, 4.69) is 94.0 Å². The molecule has 27 heavy (non-hydrogen) atoms. The van der Waals surface area contributed by atoms with E-state index in [4.69, 9.17) is 4.99 Å². The van der Waals surface area contributed by atoms with Crippen molar-refractivity contribution in [2.75, 3.05) is 0 Å². The number of rotatable bonds is 2. The summed E-state index contributed by atoms with van der Waals surface area (Å²) in [6, 6.07) is 27.7. The monoisotopic (exact) mass is 414 g/mol. The van der Waals surface area contributed by atoms with Gasteiger partial charge in [0.15, 0.2) is 0 Å². The van der Waals surface area contributed by atoms with Gasteiger partial charge in [0.05, 0.1) is 0 Å². The van der Waals surface area contributed by atoms with Gasteiger partial charge in [-0.25, -0.2) is 0 Å². The van der Waals surface area contributed by atoms with E-state index in [9.17, 15) is 0 Å². The molecular weight excluding hydrogens is 396 g/mol. The molecule has 5 rings (SSSR count). The number of hydrogen-bond donors (Lipinski definition) is 1. The average Bonchev–Trinajstić information content (AvgIpc) is 2.73. The third-order valence-corrected chi connectivity index (χ3v) is 5.78. The fourth-order valence-corrected chi connectivity index (χ4v) is 4.43. The summed E-state index contributed by atoms with van der Waals surface area (Å²) in [6.07, 6.45) is 2.08. The normalized spacial score (nSPS) is 18.3. The summed E-state index contributed by atoms with van der Waals surface area (Å²) >= 11 is 3.58. The molecular formula is C24H19BrN2. The quantitative estimate of drug-likeness (QED) is 0.554. The molecule has 0 amide bonds. The first kappa shape index (κ1) is 16.5. The number of nitrogens with one attached hydrogen (secondary N) is 1. The van der Waals surface area contributed by atoms with Crippen LogP contribution in [0.25, 0.3) is 5.57 Å². The van der Waals surface area contributed by atoms with Gasteiger partial charge in [0.1, 0.15) is 11.9 Å². The lowest BCUT2D eigenvalue weighted by Crippen LogP contribution is -2.32. The van der Waals surface area contributed by atoms with E-state index in [1.807, 2.05) is 6.07 Å². The number of fused-ring (bicyclic) bond motifs is 2. The van der Waals surface area contributed by atoms with Crippen molar-refractivity contribution in [3.05, 3.63) is 111 Å². The number of amidine groups is 1. The maximum atomic E-state index is 5.17. The summed E-state index contributed by atoms with van der Waals surface area (Å²) in [6.45, 7) is 0. The molecule has 1 aliphatic heterocycles. The van der Waals surface area contributed by atoms with E-state index in [-0.39, 0.29) is 6.04 Å². The minimum Gasteiger partial charge on any atom is -0.343 e. The van der Waals surface area contributed by atoms with Gasteiger partial charge in [0.2, 0.25) is 0 Å². The molecule has 2 aliphatic rings. The first-order valence-corrected chi connectivity index (χ1v) is 10.1. The van der Waals surface area contributed by atoms with Crippen molar-refractivity contribution >= 4 is 27.3 Å². The zero-order chi connectivity index (χ0) is 18.2. The van der Waals surface area contributed by atoms with Gasteiger partial charge in [0, 0.05) is 21.3 Å². The number of hydrogen-bond acceptors (Lipinski definition) is 2. The van der Waals surface area contributed by atoms with E-state index in [1.54, 1.807) is 0 Å². The molecule has 0 saturated heterocycles. The molecule has 1 heterocycles. The van der Waals surface area contributed by atoms with Crippen molar-refractivity contribution in [1.29, 1.82) is 0 Å². The van der Waals surface area contributed by atoms with E-state index in [0.717, 1.165) is 28.7 Å². The van der Waals surface area contributed by atoms with Gasteiger partial charge in [-0.15, -0.1) is 0 Å². The van der Waals surface area contributed by atoms with Crippen molar-refractivity contribution < 1.29 is 0 Å². The third kappa shape index (κ3) is 3.02. The fraction of sp³-hybridized carbons (Fsp3) is 0.125. The predicted octanol–water partition coefficient (Wildman–Crippen LogP) is 5.90. The van der Waals surface area contributed by atoms with E-state index < -0.39 is 0 Å².